The maximum atomic E-state index is 12.8. The SMILES string of the molecule is CC(C(=O)Nc1ccc2ccccc2c1)N1CCN(Cc2ccc3c(c2)OCO3)CC1. The van der Waals surface area contributed by atoms with Gasteiger partial charge in [0.1, 0.15) is 0 Å². The fourth-order valence-electron chi connectivity index (χ4n) is 4.29. The molecular weight excluding hydrogens is 390 g/mol. The Labute approximate surface area is 182 Å². The van der Waals surface area contributed by atoms with Gasteiger partial charge in [0, 0.05) is 38.4 Å². The molecule has 1 fully saturated rings. The van der Waals surface area contributed by atoms with Crippen molar-refractivity contribution in [3.8, 4) is 11.5 Å². The van der Waals surface area contributed by atoms with E-state index in [9.17, 15) is 4.79 Å². The van der Waals surface area contributed by atoms with Crippen LogP contribution in [0, 0.1) is 0 Å². The number of carbonyl (C=O) groups excluding carboxylic acids is 1. The Bertz CT molecular complexity index is 1090. The van der Waals surface area contributed by atoms with Gasteiger partial charge in [-0.1, -0.05) is 36.4 Å². The number of hydrogen-bond acceptors (Lipinski definition) is 5. The molecule has 1 N–H and O–H groups in total. The number of fused-ring (bicyclic) bond motifs is 2. The Kier molecular flexibility index (Phi) is 5.49. The number of carbonyl (C=O) groups is 1. The first-order valence-corrected chi connectivity index (χ1v) is 10.8. The number of nitrogens with one attached hydrogen (secondary N) is 1. The molecule has 5 rings (SSSR count). The molecule has 2 heterocycles. The highest BCUT2D eigenvalue weighted by Gasteiger charge is 2.26. The Balaban J connectivity index is 1.14. The third-order valence-corrected chi connectivity index (χ3v) is 6.19. The molecule has 0 bridgehead atoms. The van der Waals surface area contributed by atoms with Gasteiger partial charge in [-0.2, -0.15) is 0 Å². The number of hydrogen-bond donors (Lipinski definition) is 1. The van der Waals surface area contributed by atoms with E-state index in [1.54, 1.807) is 0 Å². The highest BCUT2D eigenvalue weighted by molar-refractivity contribution is 5.97. The Morgan fingerprint density at radius 2 is 1.71 bits per heavy atom. The van der Waals surface area contributed by atoms with Gasteiger partial charge in [0.15, 0.2) is 11.5 Å². The zero-order chi connectivity index (χ0) is 21.2. The van der Waals surface area contributed by atoms with Gasteiger partial charge in [-0.05, 0) is 47.5 Å². The minimum atomic E-state index is -0.167. The van der Waals surface area contributed by atoms with Crippen molar-refractivity contribution < 1.29 is 14.3 Å². The number of anilines is 1. The summed E-state index contributed by atoms with van der Waals surface area (Å²) in [5.74, 6) is 1.69. The highest BCUT2D eigenvalue weighted by Crippen LogP contribution is 2.32. The summed E-state index contributed by atoms with van der Waals surface area (Å²) in [5.41, 5.74) is 2.07. The first-order valence-electron chi connectivity index (χ1n) is 10.8. The van der Waals surface area contributed by atoms with E-state index in [0.29, 0.717) is 6.79 Å². The fraction of sp³-hybridized carbons (Fsp3) is 0.320. The number of piperazine rings is 1. The van der Waals surface area contributed by atoms with Crippen LogP contribution < -0.4 is 14.8 Å². The number of ether oxygens (including phenoxy) is 2. The van der Waals surface area contributed by atoms with Gasteiger partial charge < -0.3 is 14.8 Å². The van der Waals surface area contributed by atoms with Crippen LogP contribution in [0.3, 0.4) is 0 Å². The van der Waals surface area contributed by atoms with E-state index in [-0.39, 0.29) is 11.9 Å². The molecule has 0 radical (unpaired) electrons. The van der Waals surface area contributed by atoms with Gasteiger partial charge in [0.25, 0.3) is 0 Å². The zero-order valence-electron chi connectivity index (χ0n) is 17.7. The van der Waals surface area contributed by atoms with Crippen LogP contribution in [0.25, 0.3) is 10.8 Å². The van der Waals surface area contributed by atoms with Gasteiger partial charge in [0.2, 0.25) is 12.7 Å². The van der Waals surface area contributed by atoms with Crippen LogP contribution in [0.5, 0.6) is 11.5 Å². The van der Waals surface area contributed by atoms with E-state index in [2.05, 4.69) is 39.4 Å². The van der Waals surface area contributed by atoms with E-state index in [1.165, 1.54) is 10.9 Å². The number of nitrogens with zero attached hydrogens (tertiary/aromatic N) is 2. The smallest absolute Gasteiger partial charge is 0.241 e. The average molecular weight is 418 g/mol. The second-order valence-corrected chi connectivity index (χ2v) is 8.23. The van der Waals surface area contributed by atoms with Crippen molar-refractivity contribution in [2.75, 3.05) is 38.3 Å². The van der Waals surface area contributed by atoms with Crippen LogP contribution in [0.4, 0.5) is 5.69 Å². The predicted octanol–water partition coefficient (Wildman–Crippen LogP) is 3.71. The molecule has 3 aromatic carbocycles. The van der Waals surface area contributed by atoms with Crippen LogP contribution in [0.2, 0.25) is 0 Å². The molecule has 2 aliphatic rings. The van der Waals surface area contributed by atoms with Gasteiger partial charge >= 0.3 is 0 Å². The maximum absolute atomic E-state index is 12.8. The largest absolute Gasteiger partial charge is 0.454 e. The molecule has 0 spiro atoms. The quantitative estimate of drug-likeness (QED) is 0.686. The van der Waals surface area contributed by atoms with Crippen LogP contribution >= 0.6 is 0 Å². The van der Waals surface area contributed by atoms with Crippen LogP contribution in [-0.2, 0) is 11.3 Å². The van der Waals surface area contributed by atoms with E-state index >= 15 is 0 Å². The highest BCUT2D eigenvalue weighted by atomic mass is 16.7. The van der Waals surface area contributed by atoms with E-state index in [4.69, 9.17) is 9.47 Å². The molecule has 0 saturated carbocycles. The van der Waals surface area contributed by atoms with Crippen molar-refractivity contribution in [3.05, 3.63) is 66.2 Å². The first-order chi connectivity index (χ1) is 15.2. The molecule has 2 aliphatic heterocycles. The van der Waals surface area contributed by atoms with Crippen LogP contribution in [0.1, 0.15) is 12.5 Å². The van der Waals surface area contributed by atoms with Gasteiger partial charge in [0.05, 0.1) is 6.04 Å². The lowest BCUT2D eigenvalue weighted by Gasteiger charge is -2.37. The summed E-state index contributed by atoms with van der Waals surface area (Å²) in [4.78, 5) is 17.5. The predicted molar refractivity (Wildman–Crippen MR) is 121 cm³/mol. The van der Waals surface area contributed by atoms with Gasteiger partial charge in [-0.15, -0.1) is 0 Å². The summed E-state index contributed by atoms with van der Waals surface area (Å²) in [6, 6.07) is 20.2. The third-order valence-electron chi connectivity index (χ3n) is 6.19. The van der Waals surface area contributed by atoms with Crippen molar-refractivity contribution in [1.29, 1.82) is 0 Å². The van der Waals surface area contributed by atoms with Crippen molar-refractivity contribution in [1.82, 2.24) is 9.80 Å². The Morgan fingerprint density at radius 1 is 0.935 bits per heavy atom. The molecule has 1 saturated heterocycles. The lowest BCUT2D eigenvalue weighted by molar-refractivity contribution is -0.121. The third kappa shape index (κ3) is 4.36. The topological polar surface area (TPSA) is 54.0 Å². The Morgan fingerprint density at radius 3 is 2.55 bits per heavy atom. The molecule has 1 unspecified atom stereocenters. The van der Waals surface area contributed by atoms with Crippen LogP contribution in [0.15, 0.2) is 60.7 Å². The molecule has 0 aromatic heterocycles. The van der Waals surface area contributed by atoms with Crippen molar-refractivity contribution >= 4 is 22.4 Å². The summed E-state index contributed by atoms with van der Waals surface area (Å²) in [7, 11) is 0. The molecule has 31 heavy (non-hydrogen) atoms. The lowest BCUT2D eigenvalue weighted by atomic mass is 10.1. The zero-order valence-corrected chi connectivity index (χ0v) is 17.7. The molecular formula is C25H27N3O3. The summed E-state index contributed by atoms with van der Waals surface area (Å²) in [6.45, 7) is 6.78. The van der Waals surface area contributed by atoms with E-state index in [1.807, 2.05) is 43.3 Å². The standard InChI is InChI=1S/C25H27N3O3/c1-18(25(29)26-22-8-7-20-4-2-3-5-21(20)15-22)28-12-10-27(11-13-28)16-19-6-9-23-24(14-19)31-17-30-23/h2-9,14-15,18H,10-13,16-17H2,1H3,(H,26,29). The molecule has 1 atom stereocenters. The number of rotatable bonds is 5. The maximum Gasteiger partial charge on any atom is 0.241 e. The Hall–Kier alpha value is -3.09. The summed E-state index contributed by atoms with van der Waals surface area (Å²) in [5, 5.41) is 5.39. The first kappa shape index (κ1) is 19.8. The minimum absolute atomic E-state index is 0.0412. The molecule has 1 amide bonds. The van der Waals surface area contributed by atoms with Gasteiger partial charge in [-0.3, -0.25) is 14.6 Å². The monoisotopic (exact) mass is 417 g/mol. The van der Waals surface area contributed by atoms with E-state index in [0.717, 1.165) is 55.3 Å². The molecule has 0 aliphatic carbocycles. The second kappa shape index (κ2) is 8.57. The summed E-state index contributed by atoms with van der Waals surface area (Å²) >= 11 is 0. The summed E-state index contributed by atoms with van der Waals surface area (Å²) in [6.07, 6.45) is 0. The van der Waals surface area contributed by atoms with Crippen molar-refractivity contribution in [2.24, 2.45) is 0 Å². The summed E-state index contributed by atoms with van der Waals surface area (Å²) < 4.78 is 10.9. The van der Waals surface area contributed by atoms with E-state index < -0.39 is 0 Å². The molecule has 6 heteroatoms. The van der Waals surface area contributed by atoms with Gasteiger partial charge in [-0.25, -0.2) is 0 Å². The molecule has 160 valence electrons. The number of benzene rings is 3. The number of amides is 1. The fourth-order valence-corrected chi connectivity index (χ4v) is 4.29. The van der Waals surface area contributed by atoms with Crippen molar-refractivity contribution in [3.63, 3.8) is 0 Å². The normalized spacial score (nSPS) is 17.6. The average Bonchev–Trinajstić information content (AvgIpc) is 3.27. The van der Waals surface area contributed by atoms with Crippen molar-refractivity contribution in [2.45, 2.75) is 19.5 Å². The minimum Gasteiger partial charge on any atom is -0.454 e. The lowest BCUT2D eigenvalue weighted by Crippen LogP contribution is -2.52. The molecule has 3 aromatic rings. The molecule has 6 nitrogen and oxygen atoms in total. The van der Waals surface area contributed by atoms with Crippen LogP contribution in [-0.4, -0.2) is 54.7 Å². The second-order valence-electron chi connectivity index (χ2n) is 8.23.